The van der Waals surface area contributed by atoms with Crippen LogP contribution in [0.25, 0.3) is 0 Å². The number of benzene rings is 1. The fourth-order valence-corrected chi connectivity index (χ4v) is 2.30. The maximum Gasteiger partial charge on any atom is 0.355 e. The van der Waals surface area contributed by atoms with Gasteiger partial charge in [0.05, 0.1) is 25.4 Å². The summed E-state index contributed by atoms with van der Waals surface area (Å²) in [7, 11) is 0. The third kappa shape index (κ3) is 4.34. The Bertz CT molecular complexity index is 622. The molecule has 1 aliphatic rings. The lowest BCUT2D eigenvalue weighted by molar-refractivity contribution is -0.148. The molecule has 0 N–H and O–H groups in total. The molecular formula is C18H24N2O4. The lowest BCUT2D eigenvalue weighted by atomic mass is 10.0. The number of hydrogen-bond acceptors (Lipinski definition) is 6. The van der Waals surface area contributed by atoms with Gasteiger partial charge in [-0.05, 0) is 31.9 Å². The molecule has 0 saturated heterocycles. The van der Waals surface area contributed by atoms with Gasteiger partial charge in [0.1, 0.15) is 5.92 Å². The van der Waals surface area contributed by atoms with Gasteiger partial charge < -0.3 is 9.47 Å². The number of carbonyl (C=O) groups excluding carboxylic acids is 2. The van der Waals surface area contributed by atoms with Crippen molar-refractivity contribution in [3.63, 3.8) is 0 Å². The SMILES string of the molecule is CCOC(=O)C1=NN(c2ccc(C)cc2)CC1C(=O)OCC(C)C. The summed E-state index contributed by atoms with van der Waals surface area (Å²) in [6.07, 6.45) is 0. The second kappa shape index (κ2) is 7.95. The Morgan fingerprint density at radius 1 is 1.25 bits per heavy atom. The first-order valence-electron chi connectivity index (χ1n) is 8.18. The first kappa shape index (κ1) is 18.0. The normalized spacial score (nSPS) is 17.0. The van der Waals surface area contributed by atoms with Gasteiger partial charge in [-0.2, -0.15) is 5.10 Å². The van der Waals surface area contributed by atoms with Gasteiger partial charge in [-0.25, -0.2) is 4.79 Å². The van der Waals surface area contributed by atoms with Crippen molar-refractivity contribution in [1.29, 1.82) is 0 Å². The molecule has 2 rings (SSSR count). The van der Waals surface area contributed by atoms with E-state index in [9.17, 15) is 9.59 Å². The standard InChI is InChI=1S/C18H24N2O4/c1-5-23-18(22)16-15(17(21)24-11-12(2)3)10-20(19-16)14-8-6-13(4)7-9-14/h6-9,12,15H,5,10-11H2,1-4H3. The molecule has 0 fully saturated rings. The number of nitrogens with zero attached hydrogens (tertiary/aromatic N) is 2. The van der Waals surface area contributed by atoms with Crippen molar-refractivity contribution >= 4 is 23.3 Å². The molecule has 24 heavy (non-hydrogen) atoms. The Labute approximate surface area is 142 Å². The number of hydrazone groups is 1. The topological polar surface area (TPSA) is 68.2 Å². The molecular weight excluding hydrogens is 308 g/mol. The predicted molar refractivity (Wildman–Crippen MR) is 91.9 cm³/mol. The Morgan fingerprint density at radius 3 is 2.50 bits per heavy atom. The van der Waals surface area contributed by atoms with Gasteiger partial charge in [-0.1, -0.05) is 31.5 Å². The third-order valence-electron chi connectivity index (χ3n) is 3.57. The van der Waals surface area contributed by atoms with Gasteiger partial charge in [0.2, 0.25) is 0 Å². The summed E-state index contributed by atoms with van der Waals surface area (Å²) in [5.41, 5.74) is 2.05. The van der Waals surface area contributed by atoms with Gasteiger partial charge in [0.25, 0.3) is 0 Å². The number of ether oxygens (including phenoxy) is 2. The summed E-state index contributed by atoms with van der Waals surface area (Å²) in [6.45, 7) is 8.45. The minimum atomic E-state index is -0.732. The first-order chi connectivity index (χ1) is 11.4. The van der Waals surface area contributed by atoms with E-state index < -0.39 is 17.9 Å². The van der Waals surface area contributed by atoms with E-state index in [4.69, 9.17) is 9.47 Å². The minimum Gasteiger partial charge on any atom is -0.465 e. The molecule has 1 atom stereocenters. The van der Waals surface area contributed by atoms with Crippen LogP contribution in [0.2, 0.25) is 0 Å². The van der Waals surface area contributed by atoms with E-state index in [0.717, 1.165) is 11.3 Å². The molecule has 1 unspecified atom stereocenters. The highest BCUT2D eigenvalue weighted by Crippen LogP contribution is 2.24. The summed E-state index contributed by atoms with van der Waals surface area (Å²) in [6, 6.07) is 7.73. The van der Waals surface area contributed by atoms with Gasteiger partial charge in [-0.3, -0.25) is 9.80 Å². The van der Waals surface area contributed by atoms with Crippen LogP contribution in [0, 0.1) is 18.8 Å². The molecule has 0 radical (unpaired) electrons. The number of hydrogen-bond donors (Lipinski definition) is 0. The molecule has 6 nitrogen and oxygen atoms in total. The highest BCUT2D eigenvalue weighted by molar-refractivity contribution is 6.41. The first-order valence-corrected chi connectivity index (χ1v) is 8.18. The lowest BCUT2D eigenvalue weighted by Gasteiger charge is -2.16. The molecule has 0 saturated carbocycles. The number of esters is 2. The smallest absolute Gasteiger partial charge is 0.355 e. The number of rotatable bonds is 6. The summed E-state index contributed by atoms with van der Waals surface area (Å²) >= 11 is 0. The van der Waals surface area contributed by atoms with Gasteiger partial charge in [0.15, 0.2) is 5.71 Å². The van der Waals surface area contributed by atoms with E-state index in [2.05, 4.69) is 5.10 Å². The summed E-state index contributed by atoms with van der Waals surface area (Å²) < 4.78 is 10.3. The maximum absolute atomic E-state index is 12.4. The average Bonchev–Trinajstić information content (AvgIpc) is 2.99. The highest BCUT2D eigenvalue weighted by Gasteiger charge is 2.39. The van der Waals surface area contributed by atoms with Crippen LogP contribution in [0.4, 0.5) is 5.69 Å². The van der Waals surface area contributed by atoms with Crippen LogP contribution in [-0.4, -0.2) is 37.4 Å². The molecule has 0 bridgehead atoms. The molecule has 1 aromatic rings. The van der Waals surface area contributed by atoms with Gasteiger partial charge >= 0.3 is 11.9 Å². The maximum atomic E-state index is 12.4. The Morgan fingerprint density at radius 2 is 1.92 bits per heavy atom. The Kier molecular flexibility index (Phi) is 5.95. The van der Waals surface area contributed by atoms with Crippen LogP contribution in [0.15, 0.2) is 29.4 Å². The predicted octanol–water partition coefficient (Wildman–Crippen LogP) is 2.55. The molecule has 1 aliphatic heterocycles. The minimum absolute atomic E-state index is 0.103. The van der Waals surface area contributed by atoms with Crippen molar-refractivity contribution < 1.29 is 19.1 Å². The number of anilines is 1. The quantitative estimate of drug-likeness (QED) is 0.749. The summed E-state index contributed by atoms with van der Waals surface area (Å²) in [4.78, 5) is 24.5. The molecule has 1 heterocycles. The summed E-state index contributed by atoms with van der Waals surface area (Å²) in [5.74, 6) is -1.51. The van der Waals surface area contributed by atoms with Crippen molar-refractivity contribution in [2.45, 2.75) is 27.7 Å². The van der Waals surface area contributed by atoms with Crippen molar-refractivity contribution in [3.05, 3.63) is 29.8 Å². The zero-order valence-electron chi connectivity index (χ0n) is 14.6. The van der Waals surface area contributed by atoms with Crippen LogP contribution >= 0.6 is 0 Å². The van der Waals surface area contributed by atoms with Crippen molar-refractivity contribution in [3.8, 4) is 0 Å². The van der Waals surface area contributed by atoms with Crippen LogP contribution in [0.1, 0.15) is 26.3 Å². The van der Waals surface area contributed by atoms with E-state index in [0.29, 0.717) is 6.61 Å². The second-order valence-electron chi connectivity index (χ2n) is 6.20. The van der Waals surface area contributed by atoms with E-state index in [-0.39, 0.29) is 24.8 Å². The van der Waals surface area contributed by atoms with Crippen LogP contribution in [0.3, 0.4) is 0 Å². The third-order valence-corrected chi connectivity index (χ3v) is 3.57. The van der Waals surface area contributed by atoms with Crippen LogP contribution in [-0.2, 0) is 19.1 Å². The molecule has 0 aliphatic carbocycles. The van der Waals surface area contributed by atoms with Crippen LogP contribution < -0.4 is 5.01 Å². The molecule has 1 aromatic carbocycles. The molecule has 0 amide bonds. The summed E-state index contributed by atoms with van der Waals surface area (Å²) in [5, 5.41) is 5.96. The zero-order valence-corrected chi connectivity index (χ0v) is 14.6. The fraction of sp³-hybridized carbons (Fsp3) is 0.500. The van der Waals surface area contributed by atoms with E-state index in [1.165, 1.54) is 0 Å². The molecule has 130 valence electrons. The van der Waals surface area contributed by atoms with Crippen molar-refractivity contribution in [2.75, 3.05) is 24.8 Å². The average molecular weight is 332 g/mol. The molecule has 0 aromatic heterocycles. The monoisotopic (exact) mass is 332 g/mol. The molecule has 0 spiro atoms. The number of aryl methyl sites for hydroxylation is 1. The van der Waals surface area contributed by atoms with E-state index >= 15 is 0 Å². The fourth-order valence-electron chi connectivity index (χ4n) is 2.30. The highest BCUT2D eigenvalue weighted by atomic mass is 16.5. The van der Waals surface area contributed by atoms with Crippen molar-refractivity contribution in [1.82, 2.24) is 0 Å². The van der Waals surface area contributed by atoms with Crippen LogP contribution in [0.5, 0.6) is 0 Å². The van der Waals surface area contributed by atoms with Crippen molar-refractivity contribution in [2.24, 2.45) is 16.9 Å². The lowest BCUT2D eigenvalue weighted by Crippen LogP contribution is -2.34. The zero-order chi connectivity index (χ0) is 17.7. The van der Waals surface area contributed by atoms with Gasteiger partial charge in [-0.15, -0.1) is 0 Å². The molecule has 6 heteroatoms. The second-order valence-corrected chi connectivity index (χ2v) is 6.20. The van der Waals surface area contributed by atoms with Gasteiger partial charge in [0, 0.05) is 0 Å². The van der Waals surface area contributed by atoms with E-state index in [1.54, 1.807) is 11.9 Å². The largest absolute Gasteiger partial charge is 0.465 e. The Balaban J connectivity index is 2.20. The number of carbonyl (C=O) groups is 2. The Hall–Kier alpha value is -2.37. The van der Waals surface area contributed by atoms with E-state index in [1.807, 2.05) is 45.0 Å².